The number of nitrogens with one attached hydrogen (secondary N) is 1. The van der Waals surface area contributed by atoms with Crippen molar-refractivity contribution in [2.45, 2.75) is 25.5 Å². The molecular weight excluding hydrogens is 324 g/mol. The van der Waals surface area contributed by atoms with E-state index in [2.05, 4.69) is 50.7 Å². The number of ether oxygens (including phenoxy) is 1. The van der Waals surface area contributed by atoms with E-state index < -0.39 is 0 Å². The van der Waals surface area contributed by atoms with Gasteiger partial charge in [-0.25, -0.2) is 4.98 Å². The van der Waals surface area contributed by atoms with Crippen LogP contribution in [0.15, 0.2) is 33.6 Å². The van der Waals surface area contributed by atoms with Crippen LogP contribution in [0.3, 0.4) is 0 Å². The zero-order chi connectivity index (χ0) is 13.2. The van der Waals surface area contributed by atoms with E-state index in [-0.39, 0.29) is 6.10 Å². The molecule has 0 radical (unpaired) electrons. The number of rotatable bonds is 3. The number of benzene rings is 1. The second-order valence-corrected chi connectivity index (χ2v) is 6.18. The van der Waals surface area contributed by atoms with Crippen molar-refractivity contribution < 1.29 is 4.74 Å². The molecule has 2 unspecified atom stereocenters. The minimum atomic E-state index is 0.0390. The molecule has 0 amide bonds. The third-order valence-electron chi connectivity index (χ3n) is 3.30. The summed E-state index contributed by atoms with van der Waals surface area (Å²) in [5.74, 6) is 0.949. The molecule has 2 atom stereocenters. The molecule has 0 spiro atoms. The SMILES string of the molecule is CCNC1CC(c2cscn2)Oc2cc(Br)ccc21. The van der Waals surface area contributed by atoms with E-state index in [1.54, 1.807) is 11.3 Å². The molecule has 3 rings (SSSR count). The van der Waals surface area contributed by atoms with Crippen LogP contribution < -0.4 is 10.1 Å². The van der Waals surface area contributed by atoms with Crippen molar-refractivity contribution in [1.29, 1.82) is 0 Å². The van der Waals surface area contributed by atoms with Gasteiger partial charge in [0, 0.05) is 27.9 Å². The third-order valence-corrected chi connectivity index (χ3v) is 4.40. The Labute approximate surface area is 125 Å². The Morgan fingerprint density at radius 2 is 2.42 bits per heavy atom. The largest absolute Gasteiger partial charge is 0.484 e. The first-order valence-electron chi connectivity index (χ1n) is 6.35. The van der Waals surface area contributed by atoms with Gasteiger partial charge in [0.15, 0.2) is 0 Å². The molecule has 0 saturated heterocycles. The molecule has 2 aromatic rings. The fraction of sp³-hybridized carbons (Fsp3) is 0.357. The number of hydrogen-bond donors (Lipinski definition) is 1. The molecule has 3 nitrogen and oxygen atoms in total. The number of halogens is 1. The molecule has 5 heteroatoms. The van der Waals surface area contributed by atoms with Crippen LogP contribution in [-0.2, 0) is 0 Å². The second-order valence-electron chi connectivity index (χ2n) is 4.55. The normalized spacial score (nSPS) is 21.8. The Balaban J connectivity index is 1.95. The number of fused-ring (bicyclic) bond motifs is 1. The zero-order valence-electron chi connectivity index (χ0n) is 10.6. The first-order chi connectivity index (χ1) is 9.28. The van der Waals surface area contributed by atoms with Gasteiger partial charge in [-0.1, -0.05) is 28.9 Å². The summed E-state index contributed by atoms with van der Waals surface area (Å²) in [7, 11) is 0. The molecule has 2 heterocycles. The van der Waals surface area contributed by atoms with Crippen molar-refractivity contribution in [3.05, 3.63) is 44.8 Å². The summed E-state index contributed by atoms with van der Waals surface area (Å²) in [6, 6.07) is 6.56. The molecule has 1 aliphatic rings. The quantitative estimate of drug-likeness (QED) is 0.915. The fourth-order valence-corrected chi connectivity index (χ4v) is 3.38. The van der Waals surface area contributed by atoms with E-state index in [0.29, 0.717) is 6.04 Å². The molecule has 0 aliphatic carbocycles. The lowest BCUT2D eigenvalue weighted by Crippen LogP contribution is -2.29. The van der Waals surface area contributed by atoms with E-state index in [0.717, 1.165) is 28.9 Å². The maximum absolute atomic E-state index is 6.11. The van der Waals surface area contributed by atoms with Gasteiger partial charge >= 0.3 is 0 Å². The lowest BCUT2D eigenvalue weighted by Gasteiger charge is -2.32. The number of nitrogens with zero attached hydrogens (tertiary/aromatic N) is 1. The summed E-state index contributed by atoms with van der Waals surface area (Å²) in [6.45, 7) is 3.08. The molecule has 0 bridgehead atoms. The van der Waals surface area contributed by atoms with Crippen LogP contribution in [0, 0.1) is 0 Å². The molecule has 100 valence electrons. The van der Waals surface area contributed by atoms with Gasteiger partial charge in [-0.05, 0) is 18.7 Å². The number of aromatic nitrogens is 1. The standard InChI is InChI=1S/C14H15BrN2OS/c1-2-16-11-6-14(12-7-19-8-17-12)18-13-5-9(15)3-4-10(11)13/h3-5,7-8,11,14,16H,2,6H2,1H3. The molecule has 1 aromatic heterocycles. The van der Waals surface area contributed by atoms with Crippen LogP contribution in [0.25, 0.3) is 0 Å². The summed E-state index contributed by atoms with van der Waals surface area (Å²) in [5, 5.41) is 5.60. The highest BCUT2D eigenvalue weighted by molar-refractivity contribution is 9.10. The lowest BCUT2D eigenvalue weighted by atomic mass is 9.95. The highest BCUT2D eigenvalue weighted by Gasteiger charge is 2.29. The van der Waals surface area contributed by atoms with Crippen molar-refractivity contribution in [2.75, 3.05) is 6.54 Å². The second kappa shape index (κ2) is 5.61. The van der Waals surface area contributed by atoms with Gasteiger partial charge < -0.3 is 10.1 Å². The van der Waals surface area contributed by atoms with Crippen molar-refractivity contribution in [3.8, 4) is 5.75 Å². The van der Waals surface area contributed by atoms with Crippen molar-refractivity contribution in [1.82, 2.24) is 10.3 Å². The van der Waals surface area contributed by atoms with Crippen molar-refractivity contribution >= 4 is 27.3 Å². The molecule has 19 heavy (non-hydrogen) atoms. The molecule has 0 saturated carbocycles. The van der Waals surface area contributed by atoms with Gasteiger partial charge in [0.2, 0.25) is 0 Å². The smallest absolute Gasteiger partial charge is 0.143 e. The Hall–Kier alpha value is -0.910. The number of thiazole rings is 1. The van der Waals surface area contributed by atoms with Crippen LogP contribution in [-0.4, -0.2) is 11.5 Å². The van der Waals surface area contributed by atoms with Crippen LogP contribution in [0.2, 0.25) is 0 Å². The minimum absolute atomic E-state index is 0.0390. The maximum Gasteiger partial charge on any atom is 0.143 e. The van der Waals surface area contributed by atoms with Crippen LogP contribution in [0.1, 0.15) is 36.7 Å². The van der Waals surface area contributed by atoms with E-state index in [1.807, 2.05) is 11.6 Å². The van der Waals surface area contributed by atoms with Crippen molar-refractivity contribution in [3.63, 3.8) is 0 Å². The van der Waals surface area contributed by atoms with Crippen LogP contribution >= 0.6 is 27.3 Å². The van der Waals surface area contributed by atoms with E-state index in [9.17, 15) is 0 Å². The molecule has 1 aliphatic heterocycles. The third kappa shape index (κ3) is 2.68. The van der Waals surface area contributed by atoms with Crippen LogP contribution in [0.5, 0.6) is 5.75 Å². The highest BCUT2D eigenvalue weighted by atomic mass is 79.9. The summed E-state index contributed by atoms with van der Waals surface area (Å²) < 4.78 is 7.15. The Morgan fingerprint density at radius 3 is 3.16 bits per heavy atom. The van der Waals surface area contributed by atoms with Gasteiger partial charge in [-0.2, -0.15) is 0 Å². The van der Waals surface area contributed by atoms with Crippen LogP contribution in [0.4, 0.5) is 0 Å². The van der Waals surface area contributed by atoms with Gasteiger partial charge in [-0.3, -0.25) is 0 Å². The first kappa shape index (κ1) is 13.1. The van der Waals surface area contributed by atoms with Crippen molar-refractivity contribution in [2.24, 2.45) is 0 Å². The minimum Gasteiger partial charge on any atom is -0.484 e. The lowest BCUT2D eigenvalue weighted by molar-refractivity contribution is 0.148. The molecule has 1 N–H and O–H groups in total. The average molecular weight is 339 g/mol. The predicted octanol–water partition coefficient (Wildman–Crippen LogP) is 4.08. The van der Waals surface area contributed by atoms with E-state index in [4.69, 9.17) is 4.74 Å². The molecule has 1 aromatic carbocycles. The Kier molecular flexibility index (Phi) is 3.86. The van der Waals surface area contributed by atoms with Gasteiger partial charge in [0.05, 0.1) is 11.2 Å². The summed E-state index contributed by atoms with van der Waals surface area (Å²) >= 11 is 5.12. The summed E-state index contributed by atoms with van der Waals surface area (Å²) in [6.07, 6.45) is 0.962. The Bertz CT molecular complexity index is 559. The predicted molar refractivity (Wildman–Crippen MR) is 80.7 cm³/mol. The monoisotopic (exact) mass is 338 g/mol. The average Bonchev–Trinajstić information content (AvgIpc) is 2.92. The maximum atomic E-state index is 6.11. The van der Waals surface area contributed by atoms with E-state index >= 15 is 0 Å². The highest BCUT2D eigenvalue weighted by Crippen LogP contribution is 2.41. The van der Waals surface area contributed by atoms with Gasteiger partial charge in [0.25, 0.3) is 0 Å². The first-order valence-corrected chi connectivity index (χ1v) is 8.09. The van der Waals surface area contributed by atoms with Gasteiger partial charge in [0.1, 0.15) is 11.9 Å². The fourth-order valence-electron chi connectivity index (χ4n) is 2.44. The van der Waals surface area contributed by atoms with E-state index in [1.165, 1.54) is 5.56 Å². The molecule has 0 fully saturated rings. The zero-order valence-corrected chi connectivity index (χ0v) is 13.0. The Morgan fingerprint density at radius 1 is 1.53 bits per heavy atom. The van der Waals surface area contributed by atoms with Gasteiger partial charge in [-0.15, -0.1) is 11.3 Å². The summed E-state index contributed by atoms with van der Waals surface area (Å²) in [5.41, 5.74) is 4.12. The molecular formula is C14H15BrN2OS. The topological polar surface area (TPSA) is 34.2 Å². The number of hydrogen-bond acceptors (Lipinski definition) is 4. The summed E-state index contributed by atoms with van der Waals surface area (Å²) in [4.78, 5) is 4.38.